The van der Waals surface area contributed by atoms with E-state index in [1.165, 1.54) is 5.54 Å². The van der Waals surface area contributed by atoms with Crippen molar-refractivity contribution >= 4 is 17.6 Å². The van der Waals surface area contributed by atoms with Crippen LogP contribution in [0.5, 0.6) is 0 Å². The van der Waals surface area contributed by atoms with Crippen molar-refractivity contribution in [2.45, 2.75) is 6.92 Å². The largest absolute Gasteiger partial charge is 0.465 e. The van der Waals surface area contributed by atoms with E-state index in [2.05, 4.69) is 0 Å². The maximum Gasteiger partial charge on any atom is 0.320 e. The summed E-state index contributed by atoms with van der Waals surface area (Å²) >= 11 is 5.32. The van der Waals surface area contributed by atoms with Gasteiger partial charge in [0, 0.05) is 12.1 Å². The van der Waals surface area contributed by atoms with Crippen LogP contribution in [-0.2, 0) is 9.53 Å². The molecular weight excluding hydrogens is 178 g/mol. The second-order valence-corrected chi connectivity index (χ2v) is 2.62. The predicted molar refractivity (Wildman–Crippen MR) is 49.1 cm³/mol. The third kappa shape index (κ3) is 6.19. The lowest BCUT2D eigenvalue weighted by atomic mass is 10.5. The van der Waals surface area contributed by atoms with Gasteiger partial charge in [-0.2, -0.15) is 0 Å². The number of halogens is 1. The lowest BCUT2D eigenvalue weighted by molar-refractivity contribution is -0.143. The molecule has 0 aliphatic carbocycles. The van der Waals surface area contributed by atoms with Crippen LogP contribution in [0.1, 0.15) is 6.92 Å². The summed E-state index contributed by atoms with van der Waals surface area (Å²) in [5, 5.41) is 0. The normalized spacial score (nSPS) is 11.0. The fourth-order valence-electron chi connectivity index (χ4n) is 0.711. The number of ether oxygens (including phenoxy) is 1. The molecule has 3 nitrogen and oxygen atoms in total. The van der Waals surface area contributed by atoms with E-state index in [1.54, 1.807) is 13.0 Å². The Morgan fingerprint density at radius 3 is 2.83 bits per heavy atom. The van der Waals surface area contributed by atoms with Crippen molar-refractivity contribution in [1.82, 2.24) is 4.90 Å². The van der Waals surface area contributed by atoms with Crippen LogP contribution >= 0.6 is 11.6 Å². The molecule has 0 atom stereocenters. The summed E-state index contributed by atoms with van der Waals surface area (Å²) in [6.07, 6.45) is 1.76. The maximum atomic E-state index is 10.9. The van der Waals surface area contributed by atoms with Gasteiger partial charge in [-0.1, -0.05) is 17.7 Å². The van der Waals surface area contributed by atoms with Gasteiger partial charge in [0.15, 0.2) is 0 Å². The van der Waals surface area contributed by atoms with Crippen molar-refractivity contribution in [3.63, 3.8) is 0 Å². The fraction of sp³-hybridized carbons (Fsp3) is 0.625. The highest BCUT2D eigenvalue weighted by atomic mass is 35.5. The van der Waals surface area contributed by atoms with Crippen LogP contribution < -0.4 is 0 Å². The molecule has 4 heteroatoms. The molecule has 12 heavy (non-hydrogen) atoms. The molecule has 0 rings (SSSR count). The summed E-state index contributed by atoms with van der Waals surface area (Å²) in [5.41, 5.74) is 1.43. The van der Waals surface area contributed by atoms with E-state index in [4.69, 9.17) is 16.3 Å². The Bertz CT molecular complexity index is 159. The number of rotatable bonds is 5. The van der Waals surface area contributed by atoms with Crippen molar-refractivity contribution in [1.29, 1.82) is 0 Å². The predicted octanol–water partition coefficient (Wildman–Crippen LogP) is 1.23. The van der Waals surface area contributed by atoms with Crippen molar-refractivity contribution in [2.24, 2.45) is 0 Å². The van der Waals surface area contributed by atoms with Gasteiger partial charge in [0.2, 0.25) is 0 Å². The molecule has 0 aromatic carbocycles. The average Bonchev–Trinajstić information content (AvgIpc) is 2.01. The fourth-order valence-corrected chi connectivity index (χ4v) is 0.791. The lowest BCUT2D eigenvalue weighted by Gasteiger charge is -2.12. The Morgan fingerprint density at radius 2 is 2.33 bits per heavy atom. The van der Waals surface area contributed by atoms with Crippen LogP contribution in [0.2, 0.25) is 0 Å². The quantitative estimate of drug-likeness (QED) is 0.613. The Balaban J connectivity index is 3.53. The van der Waals surface area contributed by atoms with Crippen molar-refractivity contribution in [2.75, 3.05) is 26.7 Å². The van der Waals surface area contributed by atoms with Gasteiger partial charge in [-0.25, -0.2) is 0 Å². The first kappa shape index (κ1) is 11.5. The molecule has 0 aliphatic heterocycles. The molecule has 0 saturated carbocycles. The topological polar surface area (TPSA) is 29.5 Å². The van der Waals surface area contributed by atoms with Crippen molar-refractivity contribution < 1.29 is 9.53 Å². The SMILES string of the molecule is CCOC(=O)CN(C)CC=CCl. The van der Waals surface area contributed by atoms with Crippen LogP contribution in [0.15, 0.2) is 11.6 Å². The molecule has 0 heterocycles. The highest BCUT2D eigenvalue weighted by molar-refractivity contribution is 6.25. The molecule has 0 unspecified atom stereocenters. The Hall–Kier alpha value is -0.540. The van der Waals surface area contributed by atoms with Crippen LogP contribution in [0.4, 0.5) is 0 Å². The molecule has 0 amide bonds. The average molecular weight is 192 g/mol. The van der Waals surface area contributed by atoms with Gasteiger partial charge in [0.1, 0.15) is 0 Å². The number of carbonyl (C=O) groups is 1. The standard InChI is InChI=1S/C8H14ClNO2/c1-3-12-8(11)7-10(2)6-4-5-9/h4-5H,3,6-7H2,1-2H3. The summed E-state index contributed by atoms with van der Waals surface area (Å²) in [5.74, 6) is -0.206. The molecule has 0 spiro atoms. The molecule has 0 fully saturated rings. The summed E-state index contributed by atoms with van der Waals surface area (Å²) < 4.78 is 4.75. The van der Waals surface area contributed by atoms with Gasteiger partial charge >= 0.3 is 5.97 Å². The highest BCUT2D eigenvalue weighted by Crippen LogP contribution is 1.87. The molecule has 0 bridgehead atoms. The van der Waals surface area contributed by atoms with Gasteiger partial charge in [-0.05, 0) is 14.0 Å². The van der Waals surface area contributed by atoms with Crippen LogP contribution in [0, 0.1) is 0 Å². The summed E-state index contributed by atoms with van der Waals surface area (Å²) in [7, 11) is 1.83. The summed E-state index contributed by atoms with van der Waals surface area (Å²) in [4.78, 5) is 12.7. The van der Waals surface area contributed by atoms with Crippen LogP contribution in [0.25, 0.3) is 0 Å². The number of likely N-dealkylation sites (N-methyl/N-ethyl adjacent to an activating group) is 1. The van der Waals surface area contributed by atoms with Crippen LogP contribution in [0.3, 0.4) is 0 Å². The number of carbonyl (C=O) groups excluding carboxylic acids is 1. The third-order valence-corrected chi connectivity index (χ3v) is 1.39. The first-order valence-corrected chi connectivity index (χ1v) is 4.23. The van der Waals surface area contributed by atoms with E-state index in [0.717, 1.165) is 0 Å². The highest BCUT2D eigenvalue weighted by Gasteiger charge is 2.04. The molecule has 0 radical (unpaired) electrons. The second kappa shape index (κ2) is 7.13. The Kier molecular flexibility index (Phi) is 6.81. The van der Waals surface area contributed by atoms with E-state index in [1.807, 2.05) is 11.9 Å². The molecule has 0 aliphatic rings. The molecule has 70 valence electrons. The van der Waals surface area contributed by atoms with E-state index in [0.29, 0.717) is 19.7 Å². The molecule has 0 N–H and O–H groups in total. The third-order valence-electron chi connectivity index (χ3n) is 1.21. The van der Waals surface area contributed by atoms with Gasteiger partial charge in [0.25, 0.3) is 0 Å². The van der Waals surface area contributed by atoms with E-state index in [-0.39, 0.29) is 5.97 Å². The molecular formula is C8H14ClNO2. The Morgan fingerprint density at radius 1 is 1.67 bits per heavy atom. The minimum absolute atomic E-state index is 0.206. The second-order valence-electron chi connectivity index (χ2n) is 2.36. The zero-order chi connectivity index (χ0) is 9.40. The summed E-state index contributed by atoms with van der Waals surface area (Å²) in [6, 6.07) is 0. The van der Waals surface area contributed by atoms with Gasteiger partial charge < -0.3 is 4.74 Å². The number of hydrogen-bond donors (Lipinski definition) is 0. The Labute approximate surface area is 77.9 Å². The van der Waals surface area contributed by atoms with E-state index < -0.39 is 0 Å². The van der Waals surface area contributed by atoms with Gasteiger partial charge in [-0.15, -0.1) is 0 Å². The van der Waals surface area contributed by atoms with Gasteiger partial charge in [0.05, 0.1) is 13.2 Å². The van der Waals surface area contributed by atoms with E-state index >= 15 is 0 Å². The zero-order valence-corrected chi connectivity index (χ0v) is 8.17. The maximum absolute atomic E-state index is 10.9. The molecule has 0 aromatic rings. The summed E-state index contributed by atoms with van der Waals surface area (Å²) in [6.45, 7) is 3.17. The van der Waals surface area contributed by atoms with Crippen molar-refractivity contribution in [3.8, 4) is 0 Å². The number of esters is 1. The van der Waals surface area contributed by atoms with Crippen molar-refractivity contribution in [3.05, 3.63) is 11.6 Å². The smallest absolute Gasteiger partial charge is 0.320 e. The van der Waals surface area contributed by atoms with E-state index in [9.17, 15) is 4.79 Å². The zero-order valence-electron chi connectivity index (χ0n) is 7.42. The first-order valence-electron chi connectivity index (χ1n) is 3.80. The molecule has 0 aromatic heterocycles. The minimum atomic E-state index is -0.206. The monoisotopic (exact) mass is 191 g/mol. The number of nitrogens with zero attached hydrogens (tertiary/aromatic N) is 1. The lowest BCUT2D eigenvalue weighted by Crippen LogP contribution is -2.27. The van der Waals surface area contributed by atoms with Gasteiger partial charge in [-0.3, -0.25) is 9.69 Å². The van der Waals surface area contributed by atoms with Crippen LogP contribution in [-0.4, -0.2) is 37.6 Å². The first-order chi connectivity index (χ1) is 5.70. The minimum Gasteiger partial charge on any atom is -0.465 e. The number of hydrogen-bond acceptors (Lipinski definition) is 3. The molecule has 0 saturated heterocycles.